The predicted molar refractivity (Wildman–Crippen MR) is 106 cm³/mol. The van der Waals surface area contributed by atoms with Crippen molar-refractivity contribution in [1.29, 1.82) is 0 Å². The van der Waals surface area contributed by atoms with Crippen molar-refractivity contribution in [3.8, 4) is 5.88 Å². The van der Waals surface area contributed by atoms with E-state index in [9.17, 15) is 9.90 Å². The number of fused-ring (bicyclic) bond motifs is 3. The smallest absolute Gasteiger partial charge is 0.266 e. The molecule has 0 fully saturated rings. The number of aromatic nitrogens is 3. The molecule has 3 aromatic heterocycles. The van der Waals surface area contributed by atoms with Crippen LogP contribution in [-0.2, 0) is 13.0 Å². The minimum Gasteiger partial charge on any atom is -0.494 e. The second kappa shape index (κ2) is 6.42. The molecule has 0 unspecified atom stereocenters. The van der Waals surface area contributed by atoms with E-state index >= 15 is 0 Å². The Labute approximate surface area is 159 Å². The van der Waals surface area contributed by atoms with Crippen LogP contribution >= 0.6 is 0 Å². The van der Waals surface area contributed by atoms with Crippen LogP contribution in [0.4, 0.5) is 0 Å². The Morgan fingerprint density at radius 3 is 2.54 bits per heavy atom. The summed E-state index contributed by atoms with van der Waals surface area (Å²) in [6.07, 6.45) is 1.91. The lowest BCUT2D eigenvalue weighted by Crippen LogP contribution is -2.23. The minimum absolute atomic E-state index is 0.0898. The third-order valence-electron chi connectivity index (χ3n) is 4.89. The molecule has 0 saturated carbocycles. The van der Waals surface area contributed by atoms with Gasteiger partial charge in [-0.05, 0) is 29.8 Å². The molecule has 6 nitrogen and oxygen atoms in total. The van der Waals surface area contributed by atoms with Crippen molar-refractivity contribution in [1.82, 2.24) is 14.0 Å². The average Bonchev–Trinajstić information content (AvgIpc) is 3.37. The second-order valence-corrected chi connectivity index (χ2v) is 6.67. The minimum atomic E-state index is -0.263. The highest BCUT2D eigenvalue weighted by molar-refractivity contribution is 5.79. The number of nitrogens with zero attached hydrogens (tertiary/aromatic N) is 3. The molecule has 1 N–H and O–H groups in total. The Hall–Kier alpha value is -3.80. The van der Waals surface area contributed by atoms with Gasteiger partial charge in [0.1, 0.15) is 5.76 Å². The summed E-state index contributed by atoms with van der Waals surface area (Å²) in [6, 6.07) is 20.7. The Balaban J connectivity index is 1.81. The zero-order valence-electron chi connectivity index (χ0n) is 14.9. The van der Waals surface area contributed by atoms with Crippen LogP contribution in [0.2, 0.25) is 0 Å². The third kappa shape index (κ3) is 2.58. The van der Waals surface area contributed by atoms with Gasteiger partial charge in [0, 0.05) is 6.42 Å². The van der Waals surface area contributed by atoms with Crippen LogP contribution in [0, 0.1) is 0 Å². The van der Waals surface area contributed by atoms with Crippen molar-refractivity contribution in [3.63, 3.8) is 0 Å². The maximum absolute atomic E-state index is 13.3. The Morgan fingerprint density at radius 1 is 0.964 bits per heavy atom. The summed E-state index contributed by atoms with van der Waals surface area (Å²) >= 11 is 0. The molecule has 0 aliphatic carbocycles. The Kier molecular flexibility index (Phi) is 3.76. The van der Waals surface area contributed by atoms with E-state index < -0.39 is 0 Å². The maximum atomic E-state index is 13.3. The topological polar surface area (TPSA) is 72.7 Å². The summed E-state index contributed by atoms with van der Waals surface area (Å²) in [5.74, 6) is 0.962. The average molecular weight is 371 g/mol. The second-order valence-electron chi connectivity index (χ2n) is 6.67. The van der Waals surface area contributed by atoms with Gasteiger partial charge in [0.05, 0.1) is 29.4 Å². The van der Waals surface area contributed by atoms with Crippen molar-refractivity contribution in [2.24, 2.45) is 0 Å². The standard InChI is InChI=1S/C22H17N3O3/c26-20-17(13-15-7-2-1-3-8-15)21(27)25-19-11-5-4-10-18(19)23-22(25)24(20)14-16-9-6-12-28-16/h1-12,26H,13-14H2. The van der Waals surface area contributed by atoms with E-state index in [1.807, 2.05) is 60.7 Å². The van der Waals surface area contributed by atoms with E-state index in [2.05, 4.69) is 4.98 Å². The summed E-state index contributed by atoms with van der Waals surface area (Å²) < 4.78 is 8.65. The van der Waals surface area contributed by atoms with Gasteiger partial charge in [-0.2, -0.15) is 0 Å². The molecule has 0 bridgehead atoms. The lowest BCUT2D eigenvalue weighted by Gasteiger charge is -2.14. The van der Waals surface area contributed by atoms with E-state index in [0.717, 1.165) is 5.56 Å². The van der Waals surface area contributed by atoms with Gasteiger partial charge in [-0.15, -0.1) is 0 Å². The van der Waals surface area contributed by atoms with Crippen LogP contribution in [0.15, 0.2) is 82.2 Å². The van der Waals surface area contributed by atoms with Crippen molar-refractivity contribution >= 4 is 16.8 Å². The summed E-state index contributed by atoms with van der Waals surface area (Å²) in [6.45, 7) is 0.272. The van der Waals surface area contributed by atoms with E-state index in [-0.39, 0.29) is 18.0 Å². The van der Waals surface area contributed by atoms with Crippen molar-refractivity contribution in [2.45, 2.75) is 13.0 Å². The number of rotatable bonds is 4. The van der Waals surface area contributed by atoms with Crippen LogP contribution in [-0.4, -0.2) is 19.1 Å². The number of para-hydroxylation sites is 2. The van der Waals surface area contributed by atoms with Gasteiger partial charge in [0.15, 0.2) is 0 Å². The maximum Gasteiger partial charge on any atom is 0.266 e. The van der Waals surface area contributed by atoms with Gasteiger partial charge in [0.25, 0.3) is 5.56 Å². The lowest BCUT2D eigenvalue weighted by molar-refractivity contribution is 0.399. The fourth-order valence-corrected chi connectivity index (χ4v) is 3.54. The lowest BCUT2D eigenvalue weighted by atomic mass is 10.1. The number of benzene rings is 2. The Morgan fingerprint density at radius 2 is 1.75 bits per heavy atom. The molecule has 6 heteroatoms. The molecule has 3 heterocycles. The highest BCUT2D eigenvalue weighted by Crippen LogP contribution is 2.24. The Bertz CT molecular complexity index is 1330. The molecular formula is C22H17N3O3. The third-order valence-corrected chi connectivity index (χ3v) is 4.89. The summed E-state index contributed by atoms with van der Waals surface area (Å²) in [7, 11) is 0. The van der Waals surface area contributed by atoms with Crippen molar-refractivity contribution in [3.05, 3.63) is 100 Å². The molecule has 138 valence electrons. The largest absolute Gasteiger partial charge is 0.494 e. The van der Waals surface area contributed by atoms with Crippen LogP contribution in [0.1, 0.15) is 16.9 Å². The first-order valence-electron chi connectivity index (χ1n) is 9.00. The number of aromatic hydroxyl groups is 1. The quantitative estimate of drug-likeness (QED) is 0.524. The molecule has 0 aliphatic heterocycles. The zero-order chi connectivity index (χ0) is 19.1. The molecular weight excluding hydrogens is 354 g/mol. The number of imidazole rings is 1. The SMILES string of the molecule is O=c1c(Cc2ccccc2)c(O)n(Cc2ccco2)c2nc3ccccc3n12. The first-order valence-corrected chi connectivity index (χ1v) is 9.00. The monoisotopic (exact) mass is 371 g/mol. The molecule has 0 saturated heterocycles. The molecule has 0 radical (unpaired) electrons. The first-order chi connectivity index (χ1) is 13.7. The van der Waals surface area contributed by atoms with Gasteiger partial charge < -0.3 is 9.52 Å². The fraction of sp³-hybridized carbons (Fsp3) is 0.0909. The summed E-state index contributed by atoms with van der Waals surface area (Å²) in [5.41, 5.74) is 2.42. The number of furan rings is 1. The van der Waals surface area contributed by atoms with Gasteiger partial charge in [-0.1, -0.05) is 42.5 Å². The molecule has 0 aliphatic rings. The fourth-order valence-electron chi connectivity index (χ4n) is 3.54. The highest BCUT2D eigenvalue weighted by Gasteiger charge is 2.21. The number of hydrogen-bond acceptors (Lipinski definition) is 4. The van der Waals surface area contributed by atoms with Crippen LogP contribution < -0.4 is 5.56 Å². The molecule has 0 amide bonds. The molecule has 28 heavy (non-hydrogen) atoms. The van der Waals surface area contributed by atoms with Gasteiger partial charge in [0.2, 0.25) is 11.7 Å². The molecule has 0 atom stereocenters. The summed E-state index contributed by atoms with van der Waals surface area (Å²) in [4.78, 5) is 17.9. The number of hydrogen-bond donors (Lipinski definition) is 1. The van der Waals surface area contributed by atoms with Crippen molar-refractivity contribution < 1.29 is 9.52 Å². The zero-order valence-corrected chi connectivity index (χ0v) is 14.9. The van der Waals surface area contributed by atoms with E-state index in [1.54, 1.807) is 21.3 Å². The van der Waals surface area contributed by atoms with E-state index in [4.69, 9.17) is 4.42 Å². The molecule has 5 rings (SSSR count). The highest BCUT2D eigenvalue weighted by atomic mass is 16.3. The van der Waals surface area contributed by atoms with E-state index in [0.29, 0.717) is 34.6 Å². The van der Waals surface area contributed by atoms with E-state index in [1.165, 1.54) is 0 Å². The van der Waals surface area contributed by atoms with Crippen LogP contribution in [0.5, 0.6) is 5.88 Å². The predicted octanol–water partition coefficient (Wildman–Crippen LogP) is 3.59. The van der Waals surface area contributed by atoms with Gasteiger partial charge in [-0.3, -0.25) is 9.36 Å². The normalized spacial score (nSPS) is 11.4. The van der Waals surface area contributed by atoms with Crippen molar-refractivity contribution in [2.75, 3.05) is 0 Å². The summed E-state index contributed by atoms with van der Waals surface area (Å²) in [5, 5.41) is 11.0. The molecule has 0 spiro atoms. The molecule has 2 aromatic carbocycles. The van der Waals surface area contributed by atoms with Crippen LogP contribution in [0.3, 0.4) is 0 Å². The van der Waals surface area contributed by atoms with Crippen LogP contribution in [0.25, 0.3) is 16.8 Å². The van der Waals surface area contributed by atoms with Gasteiger partial charge >= 0.3 is 0 Å². The first kappa shape index (κ1) is 16.4. The molecule has 5 aromatic rings. The van der Waals surface area contributed by atoms with Gasteiger partial charge in [-0.25, -0.2) is 9.38 Å².